The number of ether oxygens (including phenoxy) is 1. The molecule has 1 atom stereocenters. The van der Waals surface area contributed by atoms with E-state index in [9.17, 15) is 4.79 Å². The number of hydrogen-bond donors (Lipinski definition) is 0. The number of hydrogen-bond acceptors (Lipinski definition) is 5. The van der Waals surface area contributed by atoms with Gasteiger partial charge in [-0.2, -0.15) is 4.98 Å². The highest BCUT2D eigenvalue weighted by atomic mass is 16.5. The van der Waals surface area contributed by atoms with Crippen molar-refractivity contribution in [3.63, 3.8) is 0 Å². The molecular formula is C11H12N2O3. The summed E-state index contributed by atoms with van der Waals surface area (Å²) in [5.74, 6) is -0.434. The van der Waals surface area contributed by atoms with Crippen LogP contribution in [0.2, 0.25) is 0 Å². The molecule has 0 saturated carbocycles. The Kier molecular flexibility index (Phi) is 2.85. The average molecular weight is 220 g/mol. The van der Waals surface area contributed by atoms with Gasteiger partial charge in [0.15, 0.2) is 11.2 Å². The van der Waals surface area contributed by atoms with Gasteiger partial charge in [0.05, 0.1) is 7.11 Å². The molecule has 0 spiro atoms. The number of aromatic nitrogens is 2. The van der Waals surface area contributed by atoms with Gasteiger partial charge in [0.2, 0.25) is 5.89 Å². The first kappa shape index (κ1) is 10.6. The maximum absolute atomic E-state index is 11.5. The number of esters is 1. The SMILES string of the molecule is CCC(C(=O)OC)c1nc2ncccc2o1. The van der Waals surface area contributed by atoms with Crippen LogP contribution in [0.25, 0.3) is 11.2 Å². The third-order valence-corrected chi connectivity index (χ3v) is 2.37. The lowest BCUT2D eigenvalue weighted by Crippen LogP contribution is -2.13. The zero-order chi connectivity index (χ0) is 11.5. The number of fused-ring (bicyclic) bond motifs is 1. The van der Waals surface area contributed by atoms with Gasteiger partial charge >= 0.3 is 5.97 Å². The molecule has 0 saturated heterocycles. The zero-order valence-electron chi connectivity index (χ0n) is 9.14. The highest BCUT2D eigenvalue weighted by Gasteiger charge is 2.25. The summed E-state index contributed by atoms with van der Waals surface area (Å²) in [5.41, 5.74) is 1.10. The molecule has 0 radical (unpaired) electrons. The highest BCUT2D eigenvalue weighted by Crippen LogP contribution is 2.23. The summed E-state index contributed by atoms with van der Waals surface area (Å²) >= 11 is 0. The number of methoxy groups -OCH3 is 1. The van der Waals surface area contributed by atoms with E-state index in [1.54, 1.807) is 18.3 Å². The van der Waals surface area contributed by atoms with Crippen LogP contribution >= 0.6 is 0 Å². The molecule has 0 bridgehead atoms. The monoisotopic (exact) mass is 220 g/mol. The van der Waals surface area contributed by atoms with Gasteiger partial charge in [0, 0.05) is 6.20 Å². The van der Waals surface area contributed by atoms with Crippen molar-refractivity contribution in [3.8, 4) is 0 Å². The maximum atomic E-state index is 11.5. The van der Waals surface area contributed by atoms with Crippen molar-refractivity contribution in [1.29, 1.82) is 0 Å². The Morgan fingerprint density at radius 1 is 1.62 bits per heavy atom. The van der Waals surface area contributed by atoms with Crippen LogP contribution in [-0.2, 0) is 9.53 Å². The van der Waals surface area contributed by atoms with Crippen molar-refractivity contribution in [2.24, 2.45) is 0 Å². The number of carbonyl (C=O) groups is 1. The molecule has 84 valence electrons. The molecule has 2 heterocycles. The van der Waals surface area contributed by atoms with E-state index in [-0.39, 0.29) is 5.97 Å². The second kappa shape index (κ2) is 4.30. The predicted molar refractivity (Wildman–Crippen MR) is 56.9 cm³/mol. The largest absolute Gasteiger partial charge is 0.468 e. The van der Waals surface area contributed by atoms with Gasteiger partial charge in [-0.25, -0.2) is 4.98 Å². The van der Waals surface area contributed by atoms with Gasteiger partial charge in [-0.3, -0.25) is 4.79 Å². The standard InChI is InChI=1S/C11H12N2O3/c1-3-7(11(14)15-2)10-13-9-8(16-10)5-4-6-12-9/h4-7H,3H2,1-2H3. The Balaban J connectivity index is 2.41. The molecule has 2 aromatic rings. The maximum Gasteiger partial charge on any atom is 0.318 e. The van der Waals surface area contributed by atoms with Gasteiger partial charge in [-0.1, -0.05) is 6.92 Å². The van der Waals surface area contributed by atoms with Crippen LogP contribution in [0.15, 0.2) is 22.7 Å². The second-order valence-electron chi connectivity index (χ2n) is 3.36. The van der Waals surface area contributed by atoms with Crippen molar-refractivity contribution in [2.45, 2.75) is 19.3 Å². The summed E-state index contributed by atoms with van der Waals surface area (Å²) in [7, 11) is 1.35. The average Bonchev–Trinajstić information content (AvgIpc) is 2.72. The van der Waals surface area contributed by atoms with E-state index in [0.29, 0.717) is 23.5 Å². The van der Waals surface area contributed by atoms with Crippen LogP contribution in [0.3, 0.4) is 0 Å². The summed E-state index contributed by atoms with van der Waals surface area (Å²) in [6, 6.07) is 3.53. The quantitative estimate of drug-likeness (QED) is 0.739. The van der Waals surface area contributed by atoms with Crippen molar-refractivity contribution < 1.29 is 13.9 Å². The summed E-state index contributed by atoms with van der Waals surface area (Å²) in [6.07, 6.45) is 2.22. The zero-order valence-corrected chi connectivity index (χ0v) is 9.14. The lowest BCUT2D eigenvalue weighted by atomic mass is 10.1. The molecule has 0 fully saturated rings. The molecule has 16 heavy (non-hydrogen) atoms. The van der Waals surface area contributed by atoms with Crippen molar-refractivity contribution >= 4 is 17.2 Å². The molecule has 0 amide bonds. The number of pyridine rings is 1. The third-order valence-electron chi connectivity index (χ3n) is 2.37. The Bertz CT molecular complexity index is 474. The highest BCUT2D eigenvalue weighted by molar-refractivity contribution is 5.78. The number of oxazole rings is 1. The molecule has 5 nitrogen and oxygen atoms in total. The fourth-order valence-electron chi connectivity index (χ4n) is 1.52. The normalized spacial score (nSPS) is 12.6. The first-order valence-electron chi connectivity index (χ1n) is 5.05. The van der Waals surface area contributed by atoms with E-state index in [0.717, 1.165) is 0 Å². The molecular weight excluding hydrogens is 208 g/mol. The van der Waals surface area contributed by atoms with E-state index in [1.807, 2.05) is 6.92 Å². The lowest BCUT2D eigenvalue weighted by molar-refractivity contribution is -0.143. The minimum absolute atomic E-state index is 0.339. The molecule has 0 N–H and O–H groups in total. The Labute approximate surface area is 92.4 Å². The van der Waals surface area contributed by atoms with E-state index in [1.165, 1.54) is 7.11 Å². The number of nitrogens with zero attached hydrogens (tertiary/aromatic N) is 2. The van der Waals surface area contributed by atoms with Crippen LogP contribution in [-0.4, -0.2) is 23.0 Å². The fourth-order valence-corrected chi connectivity index (χ4v) is 1.52. The summed E-state index contributed by atoms with van der Waals surface area (Å²) < 4.78 is 10.2. The molecule has 2 aromatic heterocycles. The smallest absolute Gasteiger partial charge is 0.318 e. The van der Waals surface area contributed by atoms with E-state index < -0.39 is 5.92 Å². The third kappa shape index (κ3) is 1.76. The van der Waals surface area contributed by atoms with Gasteiger partial charge in [0.1, 0.15) is 5.92 Å². The van der Waals surface area contributed by atoms with E-state index >= 15 is 0 Å². The van der Waals surface area contributed by atoms with Gasteiger partial charge in [-0.15, -0.1) is 0 Å². The van der Waals surface area contributed by atoms with Crippen LogP contribution in [0.5, 0.6) is 0 Å². The fraction of sp³-hybridized carbons (Fsp3) is 0.364. The minimum atomic E-state index is -0.459. The molecule has 0 aliphatic heterocycles. The molecule has 0 aliphatic rings. The molecule has 5 heteroatoms. The van der Waals surface area contributed by atoms with Crippen molar-refractivity contribution in [3.05, 3.63) is 24.2 Å². The first-order chi connectivity index (χ1) is 7.76. The summed E-state index contributed by atoms with van der Waals surface area (Å²) in [5, 5.41) is 0. The molecule has 0 aromatic carbocycles. The first-order valence-corrected chi connectivity index (χ1v) is 5.05. The van der Waals surface area contributed by atoms with Gasteiger partial charge in [-0.05, 0) is 18.6 Å². The minimum Gasteiger partial charge on any atom is -0.468 e. The van der Waals surface area contributed by atoms with Gasteiger partial charge < -0.3 is 9.15 Å². The van der Waals surface area contributed by atoms with E-state index in [4.69, 9.17) is 9.15 Å². The van der Waals surface area contributed by atoms with Crippen molar-refractivity contribution in [2.75, 3.05) is 7.11 Å². The molecule has 1 unspecified atom stereocenters. The lowest BCUT2D eigenvalue weighted by Gasteiger charge is -2.06. The summed E-state index contributed by atoms with van der Waals surface area (Å²) in [6.45, 7) is 1.88. The topological polar surface area (TPSA) is 65.2 Å². The van der Waals surface area contributed by atoms with E-state index in [2.05, 4.69) is 9.97 Å². The van der Waals surface area contributed by atoms with Crippen LogP contribution < -0.4 is 0 Å². The van der Waals surface area contributed by atoms with Gasteiger partial charge in [0.25, 0.3) is 0 Å². The second-order valence-corrected chi connectivity index (χ2v) is 3.36. The number of rotatable bonds is 3. The van der Waals surface area contributed by atoms with Crippen LogP contribution in [0, 0.1) is 0 Å². The molecule has 0 aliphatic carbocycles. The van der Waals surface area contributed by atoms with Crippen molar-refractivity contribution in [1.82, 2.24) is 9.97 Å². The summed E-state index contributed by atoms with van der Waals surface area (Å²) in [4.78, 5) is 19.7. The Hall–Kier alpha value is -1.91. The number of carbonyl (C=O) groups excluding carboxylic acids is 1. The predicted octanol–water partition coefficient (Wildman–Crippen LogP) is 1.89. The molecule has 2 rings (SSSR count). The van der Waals surface area contributed by atoms with Crippen LogP contribution in [0.1, 0.15) is 25.2 Å². The Morgan fingerprint density at radius 2 is 2.44 bits per heavy atom. The van der Waals surface area contributed by atoms with Crippen LogP contribution in [0.4, 0.5) is 0 Å². The Morgan fingerprint density at radius 3 is 3.06 bits per heavy atom.